The van der Waals surface area contributed by atoms with Gasteiger partial charge in [-0.3, -0.25) is 0 Å². The third-order valence-corrected chi connectivity index (χ3v) is 5.50. The first-order valence-corrected chi connectivity index (χ1v) is 9.44. The van der Waals surface area contributed by atoms with Crippen molar-refractivity contribution in [2.24, 2.45) is 5.92 Å². The molecule has 27 heavy (non-hydrogen) atoms. The number of ether oxygens (including phenoxy) is 1. The average Bonchev–Trinajstić information content (AvgIpc) is 2.70. The molecule has 2 aromatic carbocycles. The van der Waals surface area contributed by atoms with Gasteiger partial charge >= 0.3 is 6.03 Å². The standard InChI is InChI=1S/C22H28N2O3/c1-17-16-24(14-12-22(17,26)13-15-27-2)21(25)23-20-10-8-19(9-11-20)18-6-4-3-5-7-18/h3-11,17,26H,12-16H2,1-2H3,(H,23,25)/t17-,22-/m0/s1. The summed E-state index contributed by atoms with van der Waals surface area (Å²) in [6.45, 7) is 3.59. The third-order valence-electron chi connectivity index (χ3n) is 5.50. The molecule has 5 heteroatoms. The van der Waals surface area contributed by atoms with E-state index in [2.05, 4.69) is 17.4 Å². The van der Waals surface area contributed by atoms with Gasteiger partial charge in [-0.05, 0) is 36.1 Å². The van der Waals surface area contributed by atoms with Gasteiger partial charge in [0.1, 0.15) is 0 Å². The molecule has 0 spiro atoms. The monoisotopic (exact) mass is 368 g/mol. The fraction of sp³-hybridized carbons (Fsp3) is 0.409. The number of hydrogen-bond donors (Lipinski definition) is 2. The Morgan fingerprint density at radius 3 is 2.48 bits per heavy atom. The number of piperidine rings is 1. The molecule has 1 fully saturated rings. The van der Waals surface area contributed by atoms with Gasteiger partial charge in [0.05, 0.1) is 5.60 Å². The maximum Gasteiger partial charge on any atom is 0.321 e. The summed E-state index contributed by atoms with van der Waals surface area (Å²) in [4.78, 5) is 14.4. The summed E-state index contributed by atoms with van der Waals surface area (Å²) in [5, 5.41) is 13.7. The lowest BCUT2D eigenvalue weighted by molar-refractivity contribution is -0.0725. The lowest BCUT2D eigenvalue weighted by Crippen LogP contribution is -2.53. The summed E-state index contributed by atoms with van der Waals surface area (Å²) in [7, 11) is 1.64. The summed E-state index contributed by atoms with van der Waals surface area (Å²) < 4.78 is 5.10. The molecule has 1 saturated heterocycles. The second-order valence-corrected chi connectivity index (χ2v) is 7.32. The highest BCUT2D eigenvalue weighted by atomic mass is 16.5. The quantitative estimate of drug-likeness (QED) is 0.839. The Morgan fingerprint density at radius 1 is 1.19 bits per heavy atom. The molecule has 2 atom stereocenters. The van der Waals surface area contributed by atoms with Crippen molar-refractivity contribution in [3.8, 4) is 11.1 Å². The van der Waals surface area contributed by atoms with E-state index in [1.807, 2.05) is 49.4 Å². The van der Waals surface area contributed by atoms with Crippen molar-refractivity contribution in [3.63, 3.8) is 0 Å². The van der Waals surface area contributed by atoms with Crippen LogP contribution in [0.1, 0.15) is 19.8 Å². The average molecular weight is 368 g/mol. The highest BCUT2D eigenvalue weighted by Crippen LogP contribution is 2.31. The van der Waals surface area contributed by atoms with E-state index in [9.17, 15) is 9.90 Å². The normalized spacial score (nSPS) is 22.5. The van der Waals surface area contributed by atoms with E-state index >= 15 is 0 Å². The van der Waals surface area contributed by atoms with Crippen molar-refractivity contribution in [2.75, 3.05) is 32.1 Å². The van der Waals surface area contributed by atoms with Crippen LogP contribution < -0.4 is 5.32 Å². The number of nitrogens with zero attached hydrogens (tertiary/aromatic N) is 1. The SMILES string of the molecule is COCC[C@@]1(O)CCN(C(=O)Nc2ccc(-c3ccccc3)cc2)C[C@@H]1C. The van der Waals surface area contributed by atoms with Gasteiger partial charge < -0.3 is 20.1 Å². The summed E-state index contributed by atoms with van der Waals surface area (Å²) in [5.41, 5.74) is 2.27. The summed E-state index contributed by atoms with van der Waals surface area (Å²) in [6, 6.07) is 17.9. The molecule has 0 radical (unpaired) electrons. The molecular formula is C22H28N2O3. The zero-order chi connectivity index (χ0) is 19.3. The topological polar surface area (TPSA) is 61.8 Å². The van der Waals surface area contributed by atoms with Gasteiger partial charge in [0, 0.05) is 38.4 Å². The molecule has 1 aliphatic rings. The van der Waals surface area contributed by atoms with Crippen molar-refractivity contribution < 1.29 is 14.6 Å². The van der Waals surface area contributed by atoms with E-state index in [0.717, 1.165) is 16.8 Å². The number of benzene rings is 2. The molecule has 0 bridgehead atoms. The highest BCUT2D eigenvalue weighted by Gasteiger charge is 2.39. The molecule has 2 amide bonds. The fourth-order valence-corrected chi connectivity index (χ4v) is 3.58. The molecule has 5 nitrogen and oxygen atoms in total. The van der Waals surface area contributed by atoms with E-state index < -0.39 is 5.60 Å². The van der Waals surface area contributed by atoms with Crippen molar-refractivity contribution in [2.45, 2.75) is 25.4 Å². The number of urea groups is 1. The number of aliphatic hydroxyl groups is 1. The maximum absolute atomic E-state index is 12.6. The van der Waals surface area contributed by atoms with Crippen molar-refractivity contribution in [1.29, 1.82) is 0 Å². The van der Waals surface area contributed by atoms with E-state index in [4.69, 9.17) is 4.74 Å². The van der Waals surface area contributed by atoms with Crippen LogP contribution in [0.4, 0.5) is 10.5 Å². The number of methoxy groups -OCH3 is 1. The Labute approximate surface area is 161 Å². The molecule has 0 unspecified atom stereocenters. The molecule has 1 heterocycles. The molecule has 2 N–H and O–H groups in total. The van der Waals surface area contributed by atoms with E-state index in [1.165, 1.54) is 0 Å². The first kappa shape index (κ1) is 19.4. The summed E-state index contributed by atoms with van der Waals surface area (Å²) >= 11 is 0. The molecule has 0 saturated carbocycles. The highest BCUT2D eigenvalue weighted by molar-refractivity contribution is 5.89. The number of hydrogen-bond acceptors (Lipinski definition) is 3. The molecule has 144 valence electrons. The predicted molar refractivity (Wildman–Crippen MR) is 108 cm³/mol. The smallest absolute Gasteiger partial charge is 0.321 e. The molecule has 0 aromatic heterocycles. The van der Waals surface area contributed by atoms with Crippen LogP contribution in [0.3, 0.4) is 0 Å². The van der Waals surface area contributed by atoms with Crippen molar-refractivity contribution >= 4 is 11.7 Å². The minimum absolute atomic E-state index is 0.00704. The Kier molecular flexibility index (Phi) is 6.14. The van der Waals surface area contributed by atoms with E-state index in [1.54, 1.807) is 12.0 Å². The van der Waals surface area contributed by atoms with Gasteiger partial charge in [0.2, 0.25) is 0 Å². The number of nitrogens with one attached hydrogen (secondary N) is 1. The number of amides is 2. The van der Waals surface area contributed by atoms with Crippen LogP contribution in [-0.2, 0) is 4.74 Å². The van der Waals surface area contributed by atoms with Crippen LogP contribution in [0.15, 0.2) is 54.6 Å². The molecule has 1 aliphatic heterocycles. The Hall–Kier alpha value is -2.37. The Balaban J connectivity index is 1.58. The second-order valence-electron chi connectivity index (χ2n) is 7.32. The number of carbonyl (C=O) groups excluding carboxylic acids is 1. The number of anilines is 1. The van der Waals surface area contributed by atoms with Gasteiger partial charge in [0.15, 0.2) is 0 Å². The number of likely N-dealkylation sites (tertiary alicyclic amines) is 1. The van der Waals surface area contributed by atoms with Crippen LogP contribution in [0.25, 0.3) is 11.1 Å². The van der Waals surface area contributed by atoms with Crippen molar-refractivity contribution in [1.82, 2.24) is 4.90 Å². The maximum atomic E-state index is 12.6. The fourth-order valence-electron chi connectivity index (χ4n) is 3.58. The summed E-state index contributed by atoms with van der Waals surface area (Å²) in [5.74, 6) is 0.00704. The zero-order valence-electron chi connectivity index (χ0n) is 16.0. The zero-order valence-corrected chi connectivity index (χ0v) is 16.0. The van der Waals surface area contributed by atoms with Gasteiger partial charge in [0.25, 0.3) is 0 Å². The van der Waals surface area contributed by atoms with Crippen LogP contribution in [0, 0.1) is 5.92 Å². The second kappa shape index (κ2) is 8.55. The summed E-state index contributed by atoms with van der Waals surface area (Å²) in [6.07, 6.45) is 1.17. The predicted octanol–water partition coefficient (Wildman–Crippen LogP) is 3.99. The van der Waals surface area contributed by atoms with Crippen LogP contribution in [0.5, 0.6) is 0 Å². The van der Waals surface area contributed by atoms with Crippen molar-refractivity contribution in [3.05, 3.63) is 54.6 Å². The van der Waals surface area contributed by atoms with Gasteiger partial charge in [-0.15, -0.1) is 0 Å². The lowest BCUT2D eigenvalue weighted by Gasteiger charge is -2.43. The van der Waals surface area contributed by atoms with Gasteiger partial charge in [-0.25, -0.2) is 4.79 Å². The van der Waals surface area contributed by atoms with Crippen LogP contribution in [0.2, 0.25) is 0 Å². The largest absolute Gasteiger partial charge is 0.389 e. The van der Waals surface area contributed by atoms with Crippen LogP contribution >= 0.6 is 0 Å². The molecular weight excluding hydrogens is 340 g/mol. The third kappa shape index (κ3) is 4.67. The minimum atomic E-state index is -0.760. The van der Waals surface area contributed by atoms with Gasteiger partial charge in [-0.2, -0.15) is 0 Å². The van der Waals surface area contributed by atoms with E-state index in [-0.39, 0.29) is 11.9 Å². The lowest BCUT2D eigenvalue weighted by atomic mass is 9.80. The first-order valence-electron chi connectivity index (χ1n) is 9.44. The molecule has 3 rings (SSSR count). The van der Waals surface area contributed by atoms with E-state index in [0.29, 0.717) is 32.5 Å². The molecule has 2 aromatic rings. The first-order chi connectivity index (χ1) is 13.0. The molecule has 0 aliphatic carbocycles. The number of rotatable bonds is 5. The minimum Gasteiger partial charge on any atom is -0.389 e. The Morgan fingerprint density at radius 2 is 1.85 bits per heavy atom. The van der Waals surface area contributed by atoms with Gasteiger partial charge in [-0.1, -0.05) is 49.4 Å². The number of carbonyl (C=O) groups is 1. The Bertz CT molecular complexity index is 748. The van der Waals surface area contributed by atoms with Crippen LogP contribution in [-0.4, -0.2) is 48.4 Å².